The van der Waals surface area contributed by atoms with Gasteiger partial charge in [0.25, 0.3) is 0 Å². The predicted octanol–water partition coefficient (Wildman–Crippen LogP) is 2.51. The molecule has 1 aromatic rings. The Labute approximate surface area is 133 Å². The molecule has 4 nitrogen and oxygen atoms in total. The van der Waals surface area contributed by atoms with Gasteiger partial charge in [-0.05, 0) is 56.4 Å². The molecule has 2 saturated heterocycles. The van der Waals surface area contributed by atoms with Gasteiger partial charge in [0.1, 0.15) is 0 Å². The van der Waals surface area contributed by atoms with Crippen molar-refractivity contribution in [3.05, 3.63) is 23.8 Å². The molecule has 120 valence electrons. The molecule has 0 bridgehead atoms. The monoisotopic (exact) mass is 301 g/mol. The Morgan fingerprint density at radius 2 is 1.91 bits per heavy atom. The van der Waals surface area contributed by atoms with Crippen LogP contribution in [0.3, 0.4) is 0 Å². The van der Waals surface area contributed by atoms with Crippen LogP contribution in [-0.2, 0) is 4.74 Å². The minimum atomic E-state index is 0.413. The quantitative estimate of drug-likeness (QED) is 0.901. The average molecular weight is 301 g/mol. The van der Waals surface area contributed by atoms with Gasteiger partial charge in [0.2, 0.25) is 0 Å². The number of aryl methyl sites for hydroxylation is 1. The van der Waals surface area contributed by atoms with Gasteiger partial charge in [0, 0.05) is 36.5 Å². The van der Waals surface area contributed by atoms with Gasteiger partial charge in [0.05, 0.1) is 18.6 Å². The van der Waals surface area contributed by atoms with Crippen molar-refractivity contribution in [2.75, 3.05) is 36.5 Å². The lowest BCUT2D eigenvalue weighted by Gasteiger charge is -2.56. The maximum atomic E-state index is 5.99. The predicted molar refractivity (Wildman–Crippen MR) is 90.5 cm³/mol. The minimum Gasteiger partial charge on any atom is -0.382 e. The highest BCUT2D eigenvalue weighted by molar-refractivity contribution is 5.62. The van der Waals surface area contributed by atoms with E-state index in [1.807, 2.05) is 0 Å². The van der Waals surface area contributed by atoms with E-state index >= 15 is 0 Å². The van der Waals surface area contributed by atoms with Crippen LogP contribution in [0.25, 0.3) is 0 Å². The standard InChI is InChI=1S/C18H27N3O/c1-13-8-16(21-9-18(10-21)11-22-12-18)6-7-17(13)20-15-4-2-14(19)3-5-15/h6-8,14-15,20H,2-5,9-12,19H2,1H3. The van der Waals surface area contributed by atoms with Crippen LogP contribution in [0.4, 0.5) is 11.4 Å². The lowest BCUT2D eigenvalue weighted by atomic mass is 9.77. The van der Waals surface area contributed by atoms with Crippen molar-refractivity contribution in [3.8, 4) is 0 Å². The lowest BCUT2D eigenvalue weighted by molar-refractivity contribution is -0.127. The number of nitrogens with two attached hydrogens (primary N) is 1. The number of hydrogen-bond donors (Lipinski definition) is 2. The molecular formula is C18H27N3O. The maximum Gasteiger partial charge on any atom is 0.0579 e. The van der Waals surface area contributed by atoms with Crippen LogP contribution >= 0.6 is 0 Å². The van der Waals surface area contributed by atoms with Gasteiger partial charge in [0.15, 0.2) is 0 Å². The van der Waals surface area contributed by atoms with Crippen LogP contribution in [0, 0.1) is 12.3 Å². The molecule has 0 unspecified atom stereocenters. The Morgan fingerprint density at radius 3 is 2.50 bits per heavy atom. The third-order valence-corrected chi connectivity index (χ3v) is 5.58. The van der Waals surface area contributed by atoms with Crippen LogP contribution in [0.1, 0.15) is 31.2 Å². The van der Waals surface area contributed by atoms with Gasteiger partial charge < -0.3 is 20.7 Å². The highest BCUT2D eigenvalue weighted by Crippen LogP contribution is 2.40. The van der Waals surface area contributed by atoms with Crippen molar-refractivity contribution in [2.24, 2.45) is 11.1 Å². The molecule has 0 amide bonds. The zero-order valence-corrected chi connectivity index (χ0v) is 13.5. The number of nitrogens with zero attached hydrogens (tertiary/aromatic N) is 1. The summed E-state index contributed by atoms with van der Waals surface area (Å²) in [6.45, 7) is 6.42. The summed E-state index contributed by atoms with van der Waals surface area (Å²) in [4.78, 5) is 2.47. The number of benzene rings is 1. The number of hydrogen-bond acceptors (Lipinski definition) is 4. The zero-order chi connectivity index (χ0) is 15.2. The van der Waals surface area contributed by atoms with Crippen LogP contribution in [-0.4, -0.2) is 38.4 Å². The van der Waals surface area contributed by atoms with Crippen molar-refractivity contribution < 1.29 is 4.74 Å². The van der Waals surface area contributed by atoms with E-state index in [1.54, 1.807) is 0 Å². The molecule has 4 heteroatoms. The Balaban J connectivity index is 1.38. The van der Waals surface area contributed by atoms with Gasteiger partial charge in [-0.3, -0.25) is 0 Å². The molecule has 4 rings (SSSR count). The Hall–Kier alpha value is -1.26. The molecule has 22 heavy (non-hydrogen) atoms. The largest absolute Gasteiger partial charge is 0.382 e. The molecule has 1 saturated carbocycles. The molecule has 0 radical (unpaired) electrons. The second-order valence-electron chi connectivity index (χ2n) is 7.60. The first-order chi connectivity index (χ1) is 10.6. The molecule has 0 aromatic heterocycles. The second kappa shape index (κ2) is 5.43. The fourth-order valence-corrected chi connectivity index (χ4v) is 4.01. The van der Waals surface area contributed by atoms with Gasteiger partial charge in [-0.1, -0.05) is 0 Å². The molecule has 2 heterocycles. The summed E-state index contributed by atoms with van der Waals surface area (Å²) in [5, 5.41) is 3.72. The van der Waals surface area contributed by atoms with Gasteiger partial charge in [-0.15, -0.1) is 0 Å². The third-order valence-electron chi connectivity index (χ3n) is 5.58. The summed E-state index contributed by atoms with van der Waals surface area (Å²) in [6, 6.07) is 7.83. The van der Waals surface area contributed by atoms with Crippen LogP contribution in [0.2, 0.25) is 0 Å². The molecule has 1 aliphatic carbocycles. The molecule has 3 fully saturated rings. The van der Waals surface area contributed by atoms with E-state index in [0.29, 0.717) is 17.5 Å². The first-order valence-corrected chi connectivity index (χ1v) is 8.59. The first kappa shape index (κ1) is 14.3. The Bertz CT molecular complexity index is 539. The summed E-state index contributed by atoms with van der Waals surface area (Å²) in [7, 11) is 0. The normalized spacial score (nSPS) is 29.8. The highest BCUT2D eigenvalue weighted by atomic mass is 16.5. The van der Waals surface area contributed by atoms with Crippen LogP contribution in [0.5, 0.6) is 0 Å². The summed E-state index contributed by atoms with van der Waals surface area (Å²) in [6.07, 6.45) is 4.67. The van der Waals surface area contributed by atoms with E-state index in [4.69, 9.17) is 10.5 Å². The number of ether oxygens (including phenoxy) is 1. The molecular weight excluding hydrogens is 274 g/mol. The topological polar surface area (TPSA) is 50.5 Å². The Morgan fingerprint density at radius 1 is 1.18 bits per heavy atom. The minimum absolute atomic E-state index is 0.413. The van der Waals surface area contributed by atoms with Crippen molar-refractivity contribution in [3.63, 3.8) is 0 Å². The number of rotatable bonds is 3. The van der Waals surface area contributed by atoms with Crippen molar-refractivity contribution >= 4 is 11.4 Å². The maximum absolute atomic E-state index is 5.99. The van der Waals surface area contributed by atoms with Crippen LogP contribution in [0.15, 0.2) is 18.2 Å². The molecule has 2 aliphatic heterocycles. The number of nitrogens with one attached hydrogen (secondary N) is 1. The highest BCUT2D eigenvalue weighted by Gasteiger charge is 2.49. The lowest BCUT2D eigenvalue weighted by Crippen LogP contribution is -2.66. The summed E-state index contributed by atoms with van der Waals surface area (Å²) in [5.74, 6) is 0. The van der Waals surface area contributed by atoms with Crippen LogP contribution < -0.4 is 16.0 Å². The van der Waals surface area contributed by atoms with E-state index in [-0.39, 0.29) is 0 Å². The molecule has 1 spiro atoms. The SMILES string of the molecule is Cc1cc(N2CC3(COC3)C2)ccc1NC1CCC(N)CC1. The summed E-state index contributed by atoms with van der Waals surface area (Å²) >= 11 is 0. The number of anilines is 2. The van der Waals surface area contributed by atoms with E-state index in [0.717, 1.165) is 39.1 Å². The fraction of sp³-hybridized carbons (Fsp3) is 0.667. The second-order valence-corrected chi connectivity index (χ2v) is 7.60. The van der Waals surface area contributed by atoms with Crippen molar-refractivity contribution in [1.82, 2.24) is 0 Å². The van der Waals surface area contributed by atoms with Crippen molar-refractivity contribution in [2.45, 2.75) is 44.7 Å². The van der Waals surface area contributed by atoms with E-state index < -0.39 is 0 Å². The molecule has 3 N–H and O–H groups in total. The third kappa shape index (κ3) is 2.59. The Kier molecular flexibility index (Phi) is 3.54. The van der Waals surface area contributed by atoms with E-state index in [2.05, 4.69) is 35.3 Å². The van der Waals surface area contributed by atoms with Crippen molar-refractivity contribution in [1.29, 1.82) is 0 Å². The first-order valence-electron chi connectivity index (χ1n) is 8.59. The van der Waals surface area contributed by atoms with Gasteiger partial charge in [-0.25, -0.2) is 0 Å². The average Bonchev–Trinajstić information content (AvgIpc) is 2.41. The molecule has 0 atom stereocenters. The van der Waals surface area contributed by atoms with E-state index in [9.17, 15) is 0 Å². The van der Waals surface area contributed by atoms with E-state index in [1.165, 1.54) is 29.8 Å². The molecule has 1 aromatic carbocycles. The smallest absolute Gasteiger partial charge is 0.0579 e. The summed E-state index contributed by atoms with van der Waals surface area (Å²) < 4.78 is 5.35. The zero-order valence-electron chi connectivity index (χ0n) is 13.5. The van der Waals surface area contributed by atoms with Gasteiger partial charge >= 0.3 is 0 Å². The summed E-state index contributed by atoms with van der Waals surface area (Å²) in [5.41, 5.74) is 10.5. The molecule has 3 aliphatic rings. The van der Waals surface area contributed by atoms with Gasteiger partial charge in [-0.2, -0.15) is 0 Å². The fourth-order valence-electron chi connectivity index (χ4n) is 4.01.